The van der Waals surface area contributed by atoms with E-state index in [9.17, 15) is 8.78 Å². The predicted molar refractivity (Wildman–Crippen MR) is 62.7 cm³/mol. The highest BCUT2D eigenvalue weighted by molar-refractivity contribution is 5.39. The Morgan fingerprint density at radius 1 is 1.11 bits per heavy atom. The molecule has 0 atom stereocenters. The molecule has 1 N–H and O–H groups in total. The number of anilines is 1. The number of aryl methyl sites for hydroxylation is 1. The number of ether oxygens (including phenoxy) is 1. The summed E-state index contributed by atoms with van der Waals surface area (Å²) in [5, 5.41) is 2.85. The van der Waals surface area contributed by atoms with Crippen molar-refractivity contribution in [2.75, 3.05) is 12.4 Å². The van der Waals surface area contributed by atoms with E-state index < -0.39 is 11.6 Å². The van der Waals surface area contributed by atoms with Crippen molar-refractivity contribution < 1.29 is 13.5 Å². The van der Waals surface area contributed by atoms with Gasteiger partial charge in [0.05, 0.1) is 0 Å². The average molecular weight is 251 g/mol. The summed E-state index contributed by atoms with van der Waals surface area (Å²) in [6, 6.07) is 4.85. The molecule has 0 amide bonds. The Bertz CT molecular complexity index is 575. The van der Waals surface area contributed by atoms with Gasteiger partial charge in [0.2, 0.25) is 5.88 Å². The Labute approximate surface area is 103 Å². The third-order valence-electron chi connectivity index (χ3n) is 2.18. The molecule has 0 saturated carbocycles. The quantitative estimate of drug-likeness (QED) is 0.911. The molecule has 94 valence electrons. The first-order chi connectivity index (χ1) is 8.58. The first kappa shape index (κ1) is 12.2. The van der Waals surface area contributed by atoms with Gasteiger partial charge >= 0.3 is 0 Å². The molecular weight excluding hydrogens is 240 g/mol. The van der Waals surface area contributed by atoms with Crippen molar-refractivity contribution in [3.05, 3.63) is 41.7 Å². The van der Waals surface area contributed by atoms with Crippen molar-refractivity contribution in [1.82, 2.24) is 9.97 Å². The van der Waals surface area contributed by atoms with E-state index in [2.05, 4.69) is 15.3 Å². The third kappa shape index (κ3) is 2.71. The van der Waals surface area contributed by atoms with Crippen LogP contribution in [0.1, 0.15) is 5.82 Å². The van der Waals surface area contributed by atoms with Crippen LogP contribution in [0, 0.1) is 18.6 Å². The Morgan fingerprint density at radius 3 is 2.56 bits per heavy atom. The lowest BCUT2D eigenvalue weighted by molar-refractivity contribution is 0.445. The van der Waals surface area contributed by atoms with Crippen molar-refractivity contribution in [3.63, 3.8) is 0 Å². The number of hydrogen-bond donors (Lipinski definition) is 1. The molecule has 1 aromatic heterocycles. The third-order valence-corrected chi connectivity index (χ3v) is 2.18. The van der Waals surface area contributed by atoms with E-state index in [1.165, 1.54) is 6.07 Å². The normalized spacial score (nSPS) is 10.2. The molecule has 0 saturated heterocycles. The minimum Gasteiger partial charge on any atom is -0.439 e. The maximum absolute atomic E-state index is 13.0. The number of nitrogens with zero attached hydrogens (tertiary/aromatic N) is 2. The average Bonchev–Trinajstić information content (AvgIpc) is 2.33. The second-order valence-corrected chi connectivity index (χ2v) is 3.57. The smallest absolute Gasteiger partial charge is 0.224 e. The first-order valence-corrected chi connectivity index (χ1v) is 5.25. The molecule has 0 bridgehead atoms. The van der Waals surface area contributed by atoms with Gasteiger partial charge in [0.15, 0.2) is 11.6 Å². The summed E-state index contributed by atoms with van der Waals surface area (Å²) in [5.74, 6) is -0.351. The number of rotatable bonds is 3. The number of halogens is 2. The molecule has 0 aliphatic rings. The second-order valence-electron chi connectivity index (χ2n) is 3.57. The highest BCUT2D eigenvalue weighted by Gasteiger charge is 2.06. The fourth-order valence-corrected chi connectivity index (χ4v) is 1.38. The summed E-state index contributed by atoms with van der Waals surface area (Å²) in [7, 11) is 1.71. The lowest BCUT2D eigenvalue weighted by atomic mass is 10.3. The zero-order valence-corrected chi connectivity index (χ0v) is 9.87. The molecular formula is C12H11F2N3O. The van der Waals surface area contributed by atoms with Crippen LogP contribution < -0.4 is 10.1 Å². The van der Waals surface area contributed by atoms with E-state index in [1.807, 2.05) is 0 Å². The highest BCUT2D eigenvalue weighted by atomic mass is 19.2. The van der Waals surface area contributed by atoms with Gasteiger partial charge in [-0.05, 0) is 19.1 Å². The van der Waals surface area contributed by atoms with Crippen LogP contribution in [-0.2, 0) is 0 Å². The number of aromatic nitrogens is 2. The van der Waals surface area contributed by atoms with Crippen molar-refractivity contribution in [1.29, 1.82) is 0 Å². The van der Waals surface area contributed by atoms with Crippen LogP contribution in [-0.4, -0.2) is 17.0 Å². The molecule has 1 heterocycles. The van der Waals surface area contributed by atoms with Gasteiger partial charge in [0.1, 0.15) is 17.4 Å². The maximum atomic E-state index is 13.0. The molecule has 0 radical (unpaired) electrons. The van der Waals surface area contributed by atoms with Crippen LogP contribution in [0.4, 0.5) is 14.6 Å². The molecule has 1 aromatic carbocycles. The van der Waals surface area contributed by atoms with E-state index in [1.54, 1.807) is 20.0 Å². The standard InChI is InChI=1S/C12H11F2N3O/c1-7-16-11(15-2)6-12(17-7)18-8-3-4-9(13)10(14)5-8/h3-6H,1-2H3,(H,15,16,17). The van der Waals surface area contributed by atoms with Gasteiger partial charge in [-0.25, -0.2) is 13.8 Å². The largest absolute Gasteiger partial charge is 0.439 e. The van der Waals surface area contributed by atoms with E-state index in [0.717, 1.165) is 12.1 Å². The Hall–Kier alpha value is -2.24. The van der Waals surface area contributed by atoms with Gasteiger partial charge in [-0.15, -0.1) is 0 Å². The molecule has 0 spiro atoms. The van der Waals surface area contributed by atoms with Gasteiger partial charge in [0, 0.05) is 19.2 Å². The zero-order valence-electron chi connectivity index (χ0n) is 9.87. The number of nitrogens with one attached hydrogen (secondary N) is 1. The highest BCUT2D eigenvalue weighted by Crippen LogP contribution is 2.23. The van der Waals surface area contributed by atoms with E-state index >= 15 is 0 Å². The molecule has 4 nitrogen and oxygen atoms in total. The summed E-state index contributed by atoms with van der Waals surface area (Å²) in [4.78, 5) is 8.13. The molecule has 18 heavy (non-hydrogen) atoms. The molecule has 0 aliphatic heterocycles. The van der Waals surface area contributed by atoms with E-state index in [0.29, 0.717) is 11.6 Å². The molecule has 0 aliphatic carbocycles. The van der Waals surface area contributed by atoms with E-state index in [4.69, 9.17) is 4.74 Å². The van der Waals surface area contributed by atoms with Gasteiger partial charge in [-0.2, -0.15) is 4.98 Å². The van der Waals surface area contributed by atoms with Crippen molar-refractivity contribution in [2.24, 2.45) is 0 Å². The van der Waals surface area contributed by atoms with Crippen LogP contribution in [0.15, 0.2) is 24.3 Å². The van der Waals surface area contributed by atoms with Crippen LogP contribution in [0.5, 0.6) is 11.6 Å². The molecule has 0 unspecified atom stereocenters. The van der Waals surface area contributed by atoms with Gasteiger partial charge in [-0.1, -0.05) is 0 Å². The van der Waals surface area contributed by atoms with E-state index in [-0.39, 0.29) is 11.6 Å². The number of benzene rings is 1. The molecule has 0 fully saturated rings. The summed E-state index contributed by atoms with van der Waals surface area (Å²) in [6.07, 6.45) is 0. The Morgan fingerprint density at radius 2 is 1.89 bits per heavy atom. The van der Waals surface area contributed by atoms with Crippen LogP contribution in [0.3, 0.4) is 0 Å². The van der Waals surface area contributed by atoms with Crippen LogP contribution >= 0.6 is 0 Å². The molecule has 2 aromatic rings. The fraction of sp³-hybridized carbons (Fsp3) is 0.167. The van der Waals surface area contributed by atoms with Crippen LogP contribution in [0.25, 0.3) is 0 Å². The lowest BCUT2D eigenvalue weighted by Crippen LogP contribution is -1.99. The molecule has 2 rings (SSSR count). The maximum Gasteiger partial charge on any atom is 0.224 e. The first-order valence-electron chi connectivity index (χ1n) is 5.25. The minimum atomic E-state index is -0.966. The Balaban J connectivity index is 2.27. The van der Waals surface area contributed by atoms with Crippen molar-refractivity contribution in [2.45, 2.75) is 6.92 Å². The zero-order chi connectivity index (χ0) is 13.1. The second kappa shape index (κ2) is 4.95. The van der Waals surface area contributed by atoms with Gasteiger partial charge in [-0.3, -0.25) is 0 Å². The SMILES string of the molecule is CNc1cc(Oc2ccc(F)c(F)c2)nc(C)n1. The number of hydrogen-bond acceptors (Lipinski definition) is 4. The summed E-state index contributed by atoms with van der Waals surface area (Å²) >= 11 is 0. The summed E-state index contributed by atoms with van der Waals surface area (Å²) in [5.41, 5.74) is 0. The Kier molecular flexibility index (Phi) is 3.36. The van der Waals surface area contributed by atoms with Crippen molar-refractivity contribution >= 4 is 5.82 Å². The van der Waals surface area contributed by atoms with Crippen LogP contribution in [0.2, 0.25) is 0 Å². The summed E-state index contributed by atoms with van der Waals surface area (Å²) < 4.78 is 31.1. The van der Waals surface area contributed by atoms with Crippen molar-refractivity contribution in [3.8, 4) is 11.6 Å². The monoisotopic (exact) mass is 251 g/mol. The van der Waals surface area contributed by atoms with Gasteiger partial charge in [0.25, 0.3) is 0 Å². The minimum absolute atomic E-state index is 0.175. The fourth-order valence-electron chi connectivity index (χ4n) is 1.38. The van der Waals surface area contributed by atoms with Gasteiger partial charge < -0.3 is 10.1 Å². The lowest BCUT2D eigenvalue weighted by Gasteiger charge is -2.07. The summed E-state index contributed by atoms with van der Waals surface area (Å²) in [6.45, 7) is 1.71. The topological polar surface area (TPSA) is 47.0 Å². The predicted octanol–water partition coefficient (Wildman–Crippen LogP) is 2.90. The molecule has 6 heteroatoms.